The Morgan fingerprint density at radius 1 is 1.35 bits per heavy atom. The van der Waals surface area contributed by atoms with Crippen molar-refractivity contribution in [3.8, 4) is 0 Å². The van der Waals surface area contributed by atoms with Crippen molar-refractivity contribution in [2.75, 3.05) is 16.4 Å². The molecule has 2 amide bonds. The van der Waals surface area contributed by atoms with Crippen LogP contribution in [-0.4, -0.2) is 28.0 Å². The Labute approximate surface area is 151 Å². The molecular formula is C15H16IN3O3S. The largest absolute Gasteiger partial charge is 0.360 e. The molecule has 2 N–H and O–H groups in total. The predicted molar refractivity (Wildman–Crippen MR) is 99.6 cm³/mol. The van der Waals surface area contributed by atoms with E-state index in [1.54, 1.807) is 19.9 Å². The topological polar surface area (TPSA) is 84.2 Å². The van der Waals surface area contributed by atoms with Crippen LogP contribution >= 0.6 is 34.4 Å². The Bertz CT molecular complexity index is 705. The molecule has 0 radical (unpaired) electrons. The second-order valence-electron chi connectivity index (χ2n) is 4.79. The number of para-hydroxylation sites is 1. The van der Waals surface area contributed by atoms with Gasteiger partial charge in [-0.3, -0.25) is 9.59 Å². The van der Waals surface area contributed by atoms with Gasteiger partial charge in [0.15, 0.2) is 5.82 Å². The van der Waals surface area contributed by atoms with Gasteiger partial charge in [0.1, 0.15) is 5.76 Å². The summed E-state index contributed by atoms with van der Waals surface area (Å²) in [6.07, 6.45) is 0. The number of aryl methyl sites for hydroxylation is 1. The van der Waals surface area contributed by atoms with Gasteiger partial charge in [-0.15, -0.1) is 11.8 Å². The highest BCUT2D eigenvalue weighted by molar-refractivity contribution is 14.1. The van der Waals surface area contributed by atoms with Crippen molar-refractivity contribution in [1.82, 2.24) is 5.16 Å². The third-order valence-corrected chi connectivity index (χ3v) is 4.94. The van der Waals surface area contributed by atoms with Crippen LogP contribution in [0.15, 0.2) is 34.9 Å². The molecule has 1 heterocycles. The molecule has 2 rings (SSSR count). The number of nitrogens with one attached hydrogen (secondary N) is 2. The quantitative estimate of drug-likeness (QED) is 0.667. The van der Waals surface area contributed by atoms with E-state index in [1.807, 2.05) is 24.3 Å². The average molecular weight is 445 g/mol. The number of amides is 2. The Hall–Kier alpha value is -1.55. The summed E-state index contributed by atoms with van der Waals surface area (Å²) >= 11 is 3.42. The number of rotatable bonds is 6. The summed E-state index contributed by atoms with van der Waals surface area (Å²) in [6.45, 7) is 3.49. The molecule has 0 bridgehead atoms. The lowest BCUT2D eigenvalue weighted by Gasteiger charge is -2.11. The molecule has 0 aliphatic rings. The SMILES string of the molecule is Cc1cc(NC(=O)C(C)SCC(=O)Nc2ccccc2I)no1. The van der Waals surface area contributed by atoms with Gasteiger partial charge in [0, 0.05) is 9.64 Å². The zero-order valence-electron chi connectivity index (χ0n) is 12.6. The fourth-order valence-corrected chi connectivity index (χ4v) is 2.88. The molecular weight excluding hydrogens is 429 g/mol. The predicted octanol–water partition coefficient (Wildman–Crippen LogP) is 3.29. The average Bonchev–Trinajstić information content (AvgIpc) is 2.92. The second kappa shape index (κ2) is 8.34. The molecule has 122 valence electrons. The Morgan fingerprint density at radius 3 is 2.74 bits per heavy atom. The van der Waals surface area contributed by atoms with Gasteiger partial charge < -0.3 is 15.2 Å². The first kappa shape index (κ1) is 17.8. The third-order valence-electron chi connectivity index (χ3n) is 2.86. The van der Waals surface area contributed by atoms with Gasteiger partial charge in [-0.25, -0.2) is 0 Å². The summed E-state index contributed by atoms with van der Waals surface area (Å²) in [5.74, 6) is 0.833. The molecule has 0 fully saturated rings. The Kier molecular flexibility index (Phi) is 6.46. The summed E-state index contributed by atoms with van der Waals surface area (Å²) < 4.78 is 5.85. The van der Waals surface area contributed by atoms with E-state index < -0.39 is 0 Å². The molecule has 1 unspecified atom stereocenters. The minimum Gasteiger partial charge on any atom is -0.360 e. The number of hydrogen-bond donors (Lipinski definition) is 2. The van der Waals surface area contributed by atoms with Gasteiger partial charge in [-0.05, 0) is 48.6 Å². The number of nitrogens with zero attached hydrogens (tertiary/aromatic N) is 1. The van der Waals surface area contributed by atoms with Crippen LogP contribution in [0.5, 0.6) is 0 Å². The molecule has 0 saturated carbocycles. The van der Waals surface area contributed by atoms with Crippen LogP contribution < -0.4 is 10.6 Å². The lowest BCUT2D eigenvalue weighted by atomic mass is 10.3. The number of benzene rings is 1. The highest BCUT2D eigenvalue weighted by Crippen LogP contribution is 2.18. The number of hydrogen-bond acceptors (Lipinski definition) is 5. The summed E-state index contributed by atoms with van der Waals surface area (Å²) in [5, 5.41) is 8.80. The lowest BCUT2D eigenvalue weighted by molar-refractivity contribution is -0.115. The van der Waals surface area contributed by atoms with Crippen molar-refractivity contribution in [2.24, 2.45) is 0 Å². The highest BCUT2D eigenvalue weighted by Gasteiger charge is 2.17. The smallest absolute Gasteiger partial charge is 0.238 e. The lowest BCUT2D eigenvalue weighted by Crippen LogP contribution is -2.25. The number of thioether (sulfide) groups is 1. The maximum atomic E-state index is 12.0. The van der Waals surface area contributed by atoms with Crippen LogP contribution in [0, 0.1) is 10.5 Å². The molecule has 8 heteroatoms. The van der Waals surface area contributed by atoms with Gasteiger partial charge in [0.05, 0.1) is 16.7 Å². The van der Waals surface area contributed by atoms with E-state index in [1.165, 1.54) is 11.8 Å². The van der Waals surface area contributed by atoms with Crippen LogP contribution in [0.3, 0.4) is 0 Å². The van der Waals surface area contributed by atoms with Crippen molar-refractivity contribution in [2.45, 2.75) is 19.1 Å². The van der Waals surface area contributed by atoms with E-state index in [0.717, 1.165) is 9.26 Å². The number of carbonyl (C=O) groups is 2. The fourth-order valence-electron chi connectivity index (χ4n) is 1.68. The third kappa shape index (κ3) is 5.54. The van der Waals surface area contributed by atoms with Crippen LogP contribution in [0.4, 0.5) is 11.5 Å². The van der Waals surface area contributed by atoms with Crippen LogP contribution in [0.1, 0.15) is 12.7 Å². The van der Waals surface area contributed by atoms with Gasteiger partial charge >= 0.3 is 0 Å². The monoisotopic (exact) mass is 445 g/mol. The summed E-state index contributed by atoms with van der Waals surface area (Å²) in [5.41, 5.74) is 0.772. The van der Waals surface area contributed by atoms with Crippen molar-refractivity contribution in [3.63, 3.8) is 0 Å². The minimum absolute atomic E-state index is 0.143. The number of aromatic nitrogens is 1. The van der Waals surface area contributed by atoms with E-state index in [2.05, 4.69) is 38.4 Å². The van der Waals surface area contributed by atoms with Crippen molar-refractivity contribution in [3.05, 3.63) is 39.7 Å². The molecule has 1 atom stereocenters. The number of halogens is 1. The van der Waals surface area contributed by atoms with E-state index >= 15 is 0 Å². The van der Waals surface area contributed by atoms with Crippen molar-refractivity contribution in [1.29, 1.82) is 0 Å². The van der Waals surface area contributed by atoms with Crippen molar-refractivity contribution >= 4 is 57.7 Å². The van der Waals surface area contributed by atoms with Crippen LogP contribution in [0.2, 0.25) is 0 Å². The summed E-state index contributed by atoms with van der Waals surface area (Å²) in [6, 6.07) is 9.16. The molecule has 0 spiro atoms. The number of anilines is 2. The minimum atomic E-state index is -0.382. The zero-order chi connectivity index (χ0) is 16.8. The van der Waals surface area contributed by atoms with E-state index in [0.29, 0.717) is 11.6 Å². The first-order chi connectivity index (χ1) is 11.0. The summed E-state index contributed by atoms with van der Waals surface area (Å²) in [7, 11) is 0. The molecule has 2 aromatic rings. The maximum absolute atomic E-state index is 12.0. The molecule has 1 aromatic carbocycles. The summed E-state index contributed by atoms with van der Waals surface area (Å²) in [4.78, 5) is 24.0. The normalized spacial score (nSPS) is 11.8. The standard InChI is InChI=1S/C15H16IN3O3S/c1-9-7-13(19-22-9)18-15(21)10(2)23-8-14(20)17-12-6-4-3-5-11(12)16/h3-7,10H,8H2,1-2H3,(H,17,20)(H,18,19,21). The molecule has 23 heavy (non-hydrogen) atoms. The Morgan fingerprint density at radius 2 is 2.09 bits per heavy atom. The molecule has 1 aromatic heterocycles. The van der Waals surface area contributed by atoms with Crippen molar-refractivity contribution < 1.29 is 14.1 Å². The second-order valence-corrected chi connectivity index (χ2v) is 7.28. The van der Waals surface area contributed by atoms with Gasteiger partial charge in [0.2, 0.25) is 11.8 Å². The fraction of sp³-hybridized carbons (Fsp3) is 0.267. The highest BCUT2D eigenvalue weighted by atomic mass is 127. The zero-order valence-corrected chi connectivity index (χ0v) is 15.6. The first-order valence-corrected chi connectivity index (χ1v) is 8.98. The van der Waals surface area contributed by atoms with Crippen LogP contribution in [-0.2, 0) is 9.59 Å². The van der Waals surface area contributed by atoms with Gasteiger partial charge in [0.25, 0.3) is 0 Å². The van der Waals surface area contributed by atoms with E-state index in [-0.39, 0.29) is 22.8 Å². The van der Waals surface area contributed by atoms with Gasteiger partial charge in [-0.2, -0.15) is 0 Å². The van der Waals surface area contributed by atoms with Gasteiger partial charge in [-0.1, -0.05) is 17.3 Å². The Balaban J connectivity index is 1.79. The molecule has 0 saturated heterocycles. The van der Waals surface area contributed by atoms with E-state index in [4.69, 9.17) is 4.52 Å². The molecule has 6 nitrogen and oxygen atoms in total. The van der Waals surface area contributed by atoms with E-state index in [9.17, 15) is 9.59 Å². The maximum Gasteiger partial charge on any atom is 0.238 e. The molecule has 0 aliphatic heterocycles. The first-order valence-electron chi connectivity index (χ1n) is 6.86. The van der Waals surface area contributed by atoms with Crippen LogP contribution in [0.25, 0.3) is 0 Å². The number of carbonyl (C=O) groups excluding carboxylic acids is 2. The molecule has 0 aliphatic carbocycles.